The molecule has 1 aromatic heterocycles. The van der Waals surface area contributed by atoms with Crippen LogP contribution in [-0.2, 0) is 20.9 Å². The van der Waals surface area contributed by atoms with Gasteiger partial charge < -0.3 is 20.3 Å². The van der Waals surface area contributed by atoms with Gasteiger partial charge in [-0.25, -0.2) is 18.4 Å². The van der Waals surface area contributed by atoms with E-state index in [-0.39, 0.29) is 6.10 Å². The first-order chi connectivity index (χ1) is 13.9. The molecule has 1 aromatic carbocycles. The van der Waals surface area contributed by atoms with Crippen LogP contribution in [0.4, 0.5) is 8.78 Å². The van der Waals surface area contributed by atoms with Crippen LogP contribution in [0.2, 0.25) is 0 Å². The van der Waals surface area contributed by atoms with E-state index in [1.807, 2.05) is 6.07 Å². The Kier molecular flexibility index (Phi) is 8.38. The summed E-state index contributed by atoms with van der Waals surface area (Å²) >= 11 is 0. The Morgan fingerprint density at radius 2 is 1.93 bits per heavy atom. The maximum atomic E-state index is 13.9. The maximum absolute atomic E-state index is 13.9. The number of pyridine rings is 1. The zero-order valence-corrected chi connectivity index (χ0v) is 15.3. The predicted octanol–water partition coefficient (Wildman–Crippen LogP) is 2.62. The molecule has 0 saturated carbocycles. The van der Waals surface area contributed by atoms with E-state index >= 15 is 0 Å². The van der Waals surface area contributed by atoms with E-state index in [0.29, 0.717) is 30.0 Å². The molecular formula is C20H20F2N2O5. The zero-order chi connectivity index (χ0) is 21.2. The van der Waals surface area contributed by atoms with Gasteiger partial charge in [0.1, 0.15) is 11.6 Å². The molecule has 3 N–H and O–H groups in total. The van der Waals surface area contributed by atoms with Crippen molar-refractivity contribution in [2.75, 3.05) is 13.1 Å². The summed E-state index contributed by atoms with van der Waals surface area (Å²) < 4.78 is 32.8. The Labute approximate surface area is 165 Å². The number of nitrogens with one attached hydrogen (secondary N) is 1. The molecule has 0 spiro atoms. The second-order valence-corrected chi connectivity index (χ2v) is 6.07. The molecule has 7 nitrogen and oxygen atoms in total. The van der Waals surface area contributed by atoms with Crippen molar-refractivity contribution in [3.8, 4) is 11.3 Å². The number of hydrogen-bond donors (Lipinski definition) is 3. The second-order valence-electron chi connectivity index (χ2n) is 6.07. The number of aromatic nitrogens is 1. The van der Waals surface area contributed by atoms with Crippen molar-refractivity contribution in [3.63, 3.8) is 0 Å². The predicted molar refractivity (Wildman–Crippen MR) is 100 cm³/mol. The van der Waals surface area contributed by atoms with Crippen LogP contribution in [0.25, 0.3) is 11.3 Å². The van der Waals surface area contributed by atoms with E-state index in [1.54, 1.807) is 12.3 Å². The molecule has 1 saturated heterocycles. The van der Waals surface area contributed by atoms with Gasteiger partial charge in [-0.3, -0.25) is 4.98 Å². The summed E-state index contributed by atoms with van der Waals surface area (Å²) in [6.07, 6.45) is 3.86. The van der Waals surface area contributed by atoms with Gasteiger partial charge in [-0.15, -0.1) is 0 Å². The molecule has 0 bridgehead atoms. The first kappa shape index (κ1) is 22.1. The summed E-state index contributed by atoms with van der Waals surface area (Å²) in [6.45, 7) is 2.16. The highest BCUT2D eigenvalue weighted by Gasteiger charge is 2.17. The summed E-state index contributed by atoms with van der Waals surface area (Å²) in [5, 5.41) is 18.9. The number of rotatable bonds is 6. The largest absolute Gasteiger partial charge is 0.478 e. The average molecular weight is 406 g/mol. The highest BCUT2D eigenvalue weighted by molar-refractivity contribution is 5.89. The van der Waals surface area contributed by atoms with Crippen LogP contribution >= 0.6 is 0 Å². The third kappa shape index (κ3) is 7.40. The number of carboxylic acids is 2. The number of halogens is 2. The molecule has 0 aliphatic carbocycles. The van der Waals surface area contributed by atoms with Crippen LogP contribution in [0.1, 0.15) is 12.0 Å². The van der Waals surface area contributed by atoms with E-state index in [4.69, 9.17) is 14.9 Å². The van der Waals surface area contributed by atoms with E-state index in [9.17, 15) is 18.4 Å². The smallest absolute Gasteiger partial charge is 0.328 e. The van der Waals surface area contributed by atoms with E-state index in [1.165, 1.54) is 12.1 Å². The third-order valence-corrected chi connectivity index (χ3v) is 3.94. The van der Waals surface area contributed by atoms with Crippen molar-refractivity contribution in [2.24, 2.45) is 0 Å². The number of benzene rings is 1. The van der Waals surface area contributed by atoms with Crippen molar-refractivity contribution in [2.45, 2.75) is 19.1 Å². The molecule has 1 fully saturated rings. The number of ether oxygens (including phenoxy) is 1. The SMILES string of the molecule is Fc1ccc(-c2ncccc2CO[C@H]2CCNC2)c(F)c1.O=C(O)C=CC(=O)O. The maximum Gasteiger partial charge on any atom is 0.328 e. The number of hydrogen-bond acceptors (Lipinski definition) is 5. The molecule has 2 heterocycles. The quantitative estimate of drug-likeness (QED) is 0.633. The minimum absolute atomic E-state index is 0.177. The van der Waals surface area contributed by atoms with Crippen LogP contribution in [-0.4, -0.2) is 46.3 Å². The first-order valence-corrected chi connectivity index (χ1v) is 8.72. The number of nitrogens with zero attached hydrogens (tertiary/aromatic N) is 1. The Hall–Kier alpha value is -3.17. The second kappa shape index (κ2) is 11.0. The monoisotopic (exact) mass is 406 g/mol. The van der Waals surface area contributed by atoms with Crippen molar-refractivity contribution >= 4 is 11.9 Å². The summed E-state index contributed by atoms with van der Waals surface area (Å²) in [5.41, 5.74) is 1.59. The molecule has 2 aromatic rings. The lowest BCUT2D eigenvalue weighted by molar-refractivity contribution is -0.134. The molecule has 0 unspecified atom stereocenters. The van der Waals surface area contributed by atoms with Crippen molar-refractivity contribution in [1.29, 1.82) is 0 Å². The molecule has 0 radical (unpaired) electrons. The van der Waals surface area contributed by atoms with Crippen LogP contribution in [0, 0.1) is 11.6 Å². The van der Waals surface area contributed by atoms with Gasteiger partial charge >= 0.3 is 11.9 Å². The van der Waals surface area contributed by atoms with Gasteiger partial charge in [0.2, 0.25) is 0 Å². The van der Waals surface area contributed by atoms with E-state index in [2.05, 4.69) is 10.3 Å². The van der Waals surface area contributed by atoms with Gasteiger partial charge in [-0.2, -0.15) is 0 Å². The minimum atomic E-state index is -1.26. The highest BCUT2D eigenvalue weighted by Crippen LogP contribution is 2.25. The van der Waals surface area contributed by atoms with Crippen LogP contribution in [0.3, 0.4) is 0 Å². The molecule has 29 heavy (non-hydrogen) atoms. The lowest BCUT2D eigenvalue weighted by Gasteiger charge is -2.13. The lowest BCUT2D eigenvalue weighted by Crippen LogP contribution is -2.16. The Morgan fingerprint density at radius 1 is 1.21 bits per heavy atom. The topological polar surface area (TPSA) is 109 Å². The van der Waals surface area contributed by atoms with Gasteiger partial charge in [0.15, 0.2) is 0 Å². The molecule has 1 aliphatic rings. The summed E-state index contributed by atoms with van der Waals surface area (Å²) in [6, 6.07) is 7.16. The van der Waals surface area contributed by atoms with Crippen LogP contribution < -0.4 is 5.32 Å². The fourth-order valence-electron chi connectivity index (χ4n) is 2.60. The lowest BCUT2D eigenvalue weighted by atomic mass is 10.1. The molecule has 1 aliphatic heterocycles. The zero-order valence-electron chi connectivity index (χ0n) is 15.3. The average Bonchev–Trinajstić information content (AvgIpc) is 3.19. The third-order valence-electron chi connectivity index (χ3n) is 3.94. The van der Waals surface area contributed by atoms with E-state index in [0.717, 1.165) is 31.1 Å². The Balaban J connectivity index is 0.000000321. The Morgan fingerprint density at radius 3 is 2.52 bits per heavy atom. The standard InChI is InChI=1S/C16H16F2N2O.C4H4O4/c17-12-3-4-14(15(18)8-12)16-11(2-1-6-20-16)10-21-13-5-7-19-9-13;5-3(6)1-2-4(7)8/h1-4,6,8,13,19H,5,7,9-10H2;1-2H,(H,5,6)(H,7,8)/t13-;/m0./s1. The van der Waals surface area contributed by atoms with Crippen LogP contribution in [0.15, 0.2) is 48.7 Å². The normalized spacial score (nSPS) is 15.7. The molecule has 0 amide bonds. The Bertz CT molecular complexity index is 867. The molecule has 9 heteroatoms. The fourth-order valence-corrected chi connectivity index (χ4v) is 2.60. The molecule has 154 valence electrons. The van der Waals surface area contributed by atoms with Gasteiger partial charge in [0.25, 0.3) is 0 Å². The van der Waals surface area contributed by atoms with Gasteiger partial charge in [-0.1, -0.05) is 6.07 Å². The first-order valence-electron chi connectivity index (χ1n) is 8.72. The van der Waals surface area contributed by atoms with Crippen molar-refractivity contribution in [1.82, 2.24) is 10.3 Å². The van der Waals surface area contributed by atoms with Crippen LogP contribution in [0.5, 0.6) is 0 Å². The summed E-state index contributed by atoms with van der Waals surface area (Å²) in [4.78, 5) is 23.3. The van der Waals surface area contributed by atoms with Gasteiger partial charge in [0, 0.05) is 42.1 Å². The summed E-state index contributed by atoms with van der Waals surface area (Å²) in [5.74, 6) is -3.72. The number of carboxylic acid groups (broad SMARTS) is 2. The molecule has 3 rings (SSSR count). The fraction of sp³-hybridized carbons (Fsp3) is 0.250. The van der Waals surface area contributed by atoms with Gasteiger partial charge in [-0.05, 0) is 31.2 Å². The highest BCUT2D eigenvalue weighted by atomic mass is 19.1. The molecular weight excluding hydrogens is 386 g/mol. The number of carbonyl (C=O) groups is 2. The van der Waals surface area contributed by atoms with Gasteiger partial charge in [0.05, 0.1) is 18.4 Å². The number of aliphatic carboxylic acids is 2. The van der Waals surface area contributed by atoms with Crippen molar-refractivity contribution in [3.05, 3.63) is 65.9 Å². The summed E-state index contributed by atoms with van der Waals surface area (Å²) in [7, 11) is 0. The molecule has 1 atom stereocenters. The minimum Gasteiger partial charge on any atom is -0.478 e. The van der Waals surface area contributed by atoms with Crippen molar-refractivity contribution < 1.29 is 33.3 Å². The van der Waals surface area contributed by atoms with E-state index < -0.39 is 23.6 Å².